The van der Waals surface area contributed by atoms with Gasteiger partial charge in [-0.15, -0.1) is 0 Å². The Balaban J connectivity index is 2.68. The van der Waals surface area contributed by atoms with Crippen LogP contribution in [0.4, 0.5) is 0 Å². The minimum Gasteiger partial charge on any atom is -0.309 e. The summed E-state index contributed by atoms with van der Waals surface area (Å²) < 4.78 is 0. The molecule has 0 aromatic heterocycles. The van der Waals surface area contributed by atoms with Gasteiger partial charge < -0.3 is 5.32 Å². The molecule has 0 aromatic carbocycles. The Hall–Kier alpha value is -0.0800. The largest absolute Gasteiger partial charge is 0.309 e. The molecule has 0 saturated carbocycles. The second-order valence-corrected chi connectivity index (χ2v) is 7.45. The molecule has 120 valence electrons. The summed E-state index contributed by atoms with van der Waals surface area (Å²) >= 11 is 0. The van der Waals surface area contributed by atoms with Crippen LogP contribution in [0.25, 0.3) is 0 Å². The Morgan fingerprint density at radius 1 is 1.25 bits per heavy atom. The van der Waals surface area contributed by atoms with Gasteiger partial charge >= 0.3 is 0 Å². The van der Waals surface area contributed by atoms with Crippen molar-refractivity contribution in [2.45, 2.75) is 85.2 Å². The van der Waals surface area contributed by atoms with Crippen LogP contribution in [-0.4, -0.2) is 36.1 Å². The third-order valence-corrected chi connectivity index (χ3v) is 5.34. The molecule has 20 heavy (non-hydrogen) atoms. The Labute approximate surface area is 127 Å². The maximum Gasteiger partial charge on any atom is 0.0278 e. The smallest absolute Gasteiger partial charge is 0.0278 e. The van der Waals surface area contributed by atoms with Crippen molar-refractivity contribution in [1.82, 2.24) is 10.2 Å². The van der Waals surface area contributed by atoms with E-state index in [1.54, 1.807) is 0 Å². The number of piperazine rings is 1. The van der Waals surface area contributed by atoms with Gasteiger partial charge in [-0.3, -0.25) is 4.90 Å². The predicted octanol–water partition coefficient (Wildman–Crippen LogP) is 4.30. The van der Waals surface area contributed by atoms with Crippen LogP contribution in [0.15, 0.2) is 0 Å². The zero-order valence-electron chi connectivity index (χ0n) is 14.8. The van der Waals surface area contributed by atoms with Crippen LogP contribution in [0.5, 0.6) is 0 Å². The van der Waals surface area contributed by atoms with Crippen molar-refractivity contribution in [3.63, 3.8) is 0 Å². The SMILES string of the molecule is CCCCC(CC)CN1CC(C)(CC)NCC1C(C)C. The molecule has 0 aromatic rings. The number of hydrogen-bond donors (Lipinski definition) is 1. The highest BCUT2D eigenvalue weighted by molar-refractivity contribution is 4.95. The van der Waals surface area contributed by atoms with E-state index in [4.69, 9.17) is 0 Å². The summed E-state index contributed by atoms with van der Waals surface area (Å²) in [5.41, 5.74) is 0.314. The Morgan fingerprint density at radius 3 is 2.45 bits per heavy atom. The number of rotatable bonds is 8. The molecule has 2 nitrogen and oxygen atoms in total. The van der Waals surface area contributed by atoms with E-state index in [0.29, 0.717) is 11.6 Å². The van der Waals surface area contributed by atoms with E-state index in [2.05, 4.69) is 51.8 Å². The number of nitrogens with zero attached hydrogens (tertiary/aromatic N) is 1. The Bertz CT molecular complexity index is 264. The zero-order valence-corrected chi connectivity index (χ0v) is 14.8. The van der Waals surface area contributed by atoms with Crippen LogP contribution >= 0.6 is 0 Å². The number of hydrogen-bond acceptors (Lipinski definition) is 2. The minimum atomic E-state index is 0.314. The normalized spacial score (nSPS) is 29.9. The van der Waals surface area contributed by atoms with E-state index >= 15 is 0 Å². The van der Waals surface area contributed by atoms with E-state index in [9.17, 15) is 0 Å². The highest BCUT2D eigenvalue weighted by atomic mass is 15.3. The molecule has 0 aliphatic carbocycles. The van der Waals surface area contributed by atoms with Crippen molar-refractivity contribution >= 4 is 0 Å². The summed E-state index contributed by atoms with van der Waals surface area (Å²) in [4.78, 5) is 2.80. The third kappa shape index (κ3) is 5.04. The molecule has 1 N–H and O–H groups in total. The fourth-order valence-electron chi connectivity index (χ4n) is 3.44. The van der Waals surface area contributed by atoms with Crippen LogP contribution in [-0.2, 0) is 0 Å². The molecule has 3 unspecified atom stereocenters. The van der Waals surface area contributed by atoms with Crippen molar-refractivity contribution in [3.05, 3.63) is 0 Å². The molecule has 1 aliphatic rings. The molecular weight excluding hydrogens is 244 g/mol. The van der Waals surface area contributed by atoms with Gasteiger partial charge in [-0.2, -0.15) is 0 Å². The molecule has 2 heteroatoms. The lowest BCUT2D eigenvalue weighted by Crippen LogP contribution is -2.64. The predicted molar refractivity (Wildman–Crippen MR) is 90.2 cm³/mol. The summed E-state index contributed by atoms with van der Waals surface area (Å²) in [5, 5.41) is 3.80. The van der Waals surface area contributed by atoms with E-state index in [-0.39, 0.29) is 0 Å². The van der Waals surface area contributed by atoms with E-state index in [1.807, 2.05) is 0 Å². The van der Waals surface area contributed by atoms with Gasteiger partial charge in [0.05, 0.1) is 0 Å². The highest BCUT2D eigenvalue weighted by Gasteiger charge is 2.36. The Morgan fingerprint density at radius 2 is 1.95 bits per heavy atom. The van der Waals surface area contributed by atoms with Crippen molar-refractivity contribution in [2.75, 3.05) is 19.6 Å². The quantitative estimate of drug-likeness (QED) is 0.714. The van der Waals surface area contributed by atoms with Gasteiger partial charge in [0.15, 0.2) is 0 Å². The van der Waals surface area contributed by atoms with Gasteiger partial charge in [0.25, 0.3) is 0 Å². The number of nitrogens with one attached hydrogen (secondary N) is 1. The first kappa shape index (κ1) is 18.0. The lowest BCUT2D eigenvalue weighted by atomic mass is 9.88. The first-order valence-corrected chi connectivity index (χ1v) is 8.94. The minimum absolute atomic E-state index is 0.314. The van der Waals surface area contributed by atoms with E-state index in [1.165, 1.54) is 45.2 Å². The molecule has 0 bridgehead atoms. The molecule has 1 rings (SSSR count). The second-order valence-electron chi connectivity index (χ2n) is 7.45. The summed E-state index contributed by atoms with van der Waals surface area (Å²) in [6, 6.07) is 0.713. The first-order valence-electron chi connectivity index (χ1n) is 8.94. The summed E-state index contributed by atoms with van der Waals surface area (Å²) in [7, 11) is 0. The van der Waals surface area contributed by atoms with Crippen molar-refractivity contribution < 1.29 is 0 Å². The van der Waals surface area contributed by atoms with Crippen molar-refractivity contribution in [1.29, 1.82) is 0 Å². The molecule has 0 amide bonds. The maximum absolute atomic E-state index is 3.80. The summed E-state index contributed by atoms with van der Waals surface area (Å²) in [5.74, 6) is 1.63. The molecule has 1 aliphatic heterocycles. The van der Waals surface area contributed by atoms with Gasteiger partial charge in [-0.1, -0.05) is 53.9 Å². The van der Waals surface area contributed by atoms with Crippen LogP contribution in [0, 0.1) is 11.8 Å². The van der Waals surface area contributed by atoms with Gasteiger partial charge in [-0.05, 0) is 31.6 Å². The Kier molecular flexibility index (Phi) is 7.53. The average molecular weight is 283 g/mol. The summed E-state index contributed by atoms with van der Waals surface area (Å²) in [6.07, 6.45) is 6.68. The van der Waals surface area contributed by atoms with Crippen LogP contribution in [0.3, 0.4) is 0 Å². The topological polar surface area (TPSA) is 15.3 Å². The molecule has 1 saturated heterocycles. The molecule has 1 heterocycles. The lowest BCUT2D eigenvalue weighted by Gasteiger charge is -2.48. The van der Waals surface area contributed by atoms with Crippen molar-refractivity contribution in [2.24, 2.45) is 11.8 Å². The highest BCUT2D eigenvalue weighted by Crippen LogP contribution is 2.25. The number of unbranched alkanes of at least 4 members (excludes halogenated alkanes) is 1. The fraction of sp³-hybridized carbons (Fsp3) is 1.00. The van der Waals surface area contributed by atoms with Gasteiger partial charge in [0, 0.05) is 31.2 Å². The van der Waals surface area contributed by atoms with Gasteiger partial charge in [0.2, 0.25) is 0 Å². The van der Waals surface area contributed by atoms with Gasteiger partial charge in [0.1, 0.15) is 0 Å². The van der Waals surface area contributed by atoms with Crippen LogP contribution in [0.1, 0.15) is 73.6 Å². The maximum atomic E-state index is 3.80. The average Bonchev–Trinajstić information content (AvgIpc) is 2.43. The van der Waals surface area contributed by atoms with Gasteiger partial charge in [-0.25, -0.2) is 0 Å². The van der Waals surface area contributed by atoms with E-state index in [0.717, 1.165) is 18.4 Å². The third-order valence-electron chi connectivity index (χ3n) is 5.34. The second kappa shape index (κ2) is 8.38. The molecule has 3 atom stereocenters. The lowest BCUT2D eigenvalue weighted by molar-refractivity contribution is 0.0451. The zero-order chi connectivity index (χ0) is 15.2. The standard InChI is InChI=1S/C18H38N2/c1-7-10-11-16(8-2)13-20-14-18(6,9-3)19-12-17(20)15(4)5/h15-17,19H,7-14H2,1-6H3. The van der Waals surface area contributed by atoms with Crippen LogP contribution in [0.2, 0.25) is 0 Å². The molecular formula is C18H38N2. The molecule has 0 spiro atoms. The monoisotopic (exact) mass is 282 g/mol. The van der Waals surface area contributed by atoms with E-state index < -0.39 is 0 Å². The van der Waals surface area contributed by atoms with Crippen LogP contribution < -0.4 is 5.32 Å². The fourth-order valence-corrected chi connectivity index (χ4v) is 3.44. The molecule has 0 radical (unpaired) electrons. The summed E-state index contributed by atoms with van der Waals surface area (Å²) in [6.45, 7) is 17.8. The first-order chi connectivity index (χ1) is 9.45. The molecule has 1 fully saturated rings. The van der Waals surface area contributed by atoms with Crippen molar-refractivity contribution in [3.8, 4) is 0 Å².